The summed E-state index contributed by atoms with van der Waals surface area (Å²) >= 11 is 0. The van der Waals surface area contributed by atoms with E-state index in [1.807, 2.05) is 6.92 Å². The maximum absolute atomic E-state index is 5.66. The first-order valence-corrected chi connectivity index (χ1v) is 7.42. The normalized spacial score (nSPS) is 37.3. The van der Waals surface area contributed by atoms with Crippen LogP contribution < -0.4 is 5.32 Å². The SMILES string of the molecule is CCOC1CC(NCC2CN(C)CCN2C)C1OC. The molecule has 0 aromatic rings. The molecule has 4 unspecified atom stereocenters. The Morgan fingerprint density at radius 2 is 2.05 bits per heavy atom. The molecule has 1 saturated carbocycles. The molecule has 1 N–H and O–H groups in total. The second-order valence-corrected chi connectivity index (χ2v) is 5.84. The van der Waals surface area contributed by atoms with Crippen molar-refractivity contribution in [3.05, 3.63) is 0 Å². The number of likely N-dealkylation sites (N-methyl/N-ethyl adjacent to an activating group) is 2. The van der Waals surface area contributed by atoms with Crippen molar-refractivity contribution in [3.8, 4) is 0 Å². The van der Waals surface area contributed by atoms with Gasteiger partial charge in [0.2, 0.25) is 0 Å². The van der Waals surface area contributed by atoms with Gasteiger partial charge in [-0.05, 0) is 27.4 Å². The molecule has 2 fully saturated rings. The summed E-state index contributed by atoms with van der Waals surface area (Å²) in [5.74, 6) is 0. The molecule has 4 atom stereocenters. The molecule has 19 heavy (non-hydrogen) atoms. The third kappa shape index (κ3) is 3.67. The van der Waals surface area contributed by atoms with E-state index < -0.39 is 0 Å². The number of nitrogens with zero attached hydrogens (tertiary/aromatic N) is 2. The highest BCUT2D eigenvalue weighted by atomic mass is 16.5. The third-order valence-corrected chi connectivity index (χ3v) is 4.50. The topological polar surface area (TPSA) is 37.0 Å². The molecule has 1 saturated heterocycles. The van der Waals surface area contributed by atoms with Gasteiger partial charge in [-0.25, -0.2) is 0 Å². The van der Waals surface area contributed by atoms with E-state index in [9.17, 15) is 0 Å². The van der Waals surface area contributed by atoms with Crippen LogP contribution >= 0.6 is 0 Å². The largest absolute Gasteiger partial charge is 0.377 e. The van der Waals surface area contributed by atoms with Crippen molar-refractivity contribution < 1.29 is 9.47 Å². The first kappa shape index (κ1) is 15.2. The van der Waals surface area contributed by atoms with Crippen LogP contribution in [-0.2, 0) is 9.47 Å². The summed E-state index contributed by atoms with van der Waals surface area (Å²) < 4.78 is 11.2. The van der Waals surface area contributed by atoms with Crippen LogP contribution in [0.3, 0.4) is 0 Å². The number of piperazine rings is 1. The zero-order valence-electron chi connectivity index (χ0n) is 12.8. The standard InChI is InChI=1S/C14H29N3O2/c1-5-19-13-8-12(14(13)18-4)15-9-11-10-16(2)6-7-17(11)3/h11-15H,5-10H2,1-4H3. The van der Waals surface area contributed by atoms with Gasteiger partial charge in [0.25, 0.3) is 0 Å². The van der Waals surface area contributed by atoms with Gasteiger partial charge in [-0.1, -0.05) is 0 Å². The van der Waals surface area contributed by atoms with Crippen LogP contribution in [0, 0.1) is 0 Å². The summed E-state index contributed by atoms with van der Waals surface area (Å²) in [5.41, 5.74) is 0. The molecule has 0 radical (unpaired) electrons. The van der Waals surface area contributed by atoms with E-state index in [4.69, 9.17) is 9.47 Å². The van der Waals surface area contributed by atoms with Crippen molar-refractivity contribution in [1.29, 1.82) is 0 Å². The van der Waals surface area contributed by atoms with E-state index in [1.165, 1.54) is 6.54 Å². The van der Waals surface area contributed by atoms with E-state index in [0.717, 1.165) is 32.7 Å². The summed E-state index contributed by atoms with van der Waals surface area (Å²) in [6.07, 6.45) is 1.56. The van der Waals surface area contributed by atoms with Gasteiger partial charge in [-0.15, -0.1) is 0 Å². The molecule has 0 amide bonds. The highest BCUT2D eigenvalue weighted by molar-refractivity contribution is 4.98. The van der Waals surface area contributed by atoms with Gasteiger partial charge in [0.1, 0.15) is 0 Å². The number of ether oxygens (including phenoxy) is 2. The Labute approximate surface area is 117 Å². The molecule has 2 rings (SSSR count). The number of nitrogens with one attached hydrogen (secondary N) is 1. The highest BCUT2D eigenvalue weighted by Gasteiger charge is 2.42. The van der Waals surface area contributed by atoms with Crippen LogP contribution in [0.5, 0.6) is 0 Å². The van der Waals surface area contributed by atoms with Crippen LogP contribution in [0.2, 0.25) is 0 Å². The van der Waals surface area contributed by atoms with Gasteiger partial charge in [-0.2, -0.15) is 0 Å². The predicted molar refractivity (Wildman–Crippen MR) is 76.5 cm³/mol. The lowest BCUT2D eigenvalue weighted by atomic mass is 9.85. The summed E-state index contributed by atoms with van der Waals surface area (Å²) in [7, 11) is 6.20. The fourth-order valence-corrected chi connectivity index (χ4v) is 3.08. The van der Waals surface area contributed by atoms with Crippen molar-refractivity contribution in [3.63, 3.8) is 0 Å². The smallest absolute Gasteiger partial charge is 0.0986 e. The monoisotopic (exact) mass is 271 g/mol. The molecule has 1 heterocycles. The Morgan fingerprint density at radius 3 is 2.74 bits per heavy atom. The van der Waals surface area contributed by atoms with E-state index in [-0.39, 0.29) is 12.2 Å². The molecular weight excluding hydrogens is 242 g/mol. The molecule has 1 aliphatic carbocycles. The highest BCUT2D eigenvalue weighted by Crippen LogP contribution is 2.27. The lowest BCUT2D eigenvalue weighted by Gasteiger charge is -2.45. The Morgan fingerprint density at radius 1 is 1.26 bits per heavy atom. The summed E-state index contributed by atoms with van der Waals surface area (Å²) in [6.45, 7) is 7.31. The maximum atomic E-state index is 5.66. The van der Waals surface area contributed by atoms with Crippen molar-refractivity contribution in [2.24, 2.45) is 0 Å². The first-order chi connectivity index (χ1) is 9.15. The predicted octanol–water partition coefficient (Wildman–Crippen LogP) is 0.0142. The number of hydrogen-bond donors (Lipinski definition) is 1. The summed E-state index contributed by atoms with van der Waals surface area (Å²) in [6, 6.07) is 1.05. The zero-order valence-corrected chi connectivity index (χ0v) is 12.8. The van der Waals surface area contributed by atoms with Crippen LogP contribution in [0.1, 0.15) is 13.3 Å². The van der Waals surface area contributed by atoms with E-state index in [0.29, 0.717) is 12.1 Å². The second kappa shape index (κ2) is 6.99. The minimum absolute atomic E-state index is 0.214. The van der Waals surface area contributed by atoms with Crippen molar-refractivity contribution in [1.82, 2.24) is 15.1 Å². The van der Waals surface area contributed by atoms with E-state index >= 15 is 0 Å². The van der Waals surface area contributed by atoms with Crippen LogP contribution in [0.4, 0.5) is 0 Å². The van der Waals surface area contributed by atoms with Crippen molar-refractivity contribution in [2.75, 3.05) is 54.0 Å². The Hall–Kier alpha value is -0.200. The number of methoxy groups -OCH3 is 1. The molecule has 2 aliphatic rings. The van der Waals surface area contributed by atoms with Gasteiger partial charge >= 0.3 is 0 Å². The summed E-state index contributed by atoms with van der Waals surface area (Å²) in [4.78, 5) is 4.86. The van der Waals surface area contributed by atoms with Crippen LogP contribution in [-0.4, -0.2) is 88.1 Å². The van der Waals surface area contributed by atoms with E-state index in [1.54, 1.807) is 7.11 Å². The quantitative estimate of drug-likeness (QED) is 0.737. The molecular formula is C14H29N3O2. The average molecular weight is 271 g/mol. The average Bonchev–Trinajstić information content (AvgIpc) is 2.37. The Kier molecular flexibility index (Phi) is 5.59. The lowest BCUT2D eigenvalue weighted by molar-refractivity contribution is -0.132. The Balaban J connectivity index is 1.73. The second-order valence-electron chi connectivity index (χ2n) is 5.84. The molecule has 112 valence electrons. The molecule has 1 aliphatic heterocycles. The van der Waals surface area contributed by atoms with Gasteiger partial charge in [0.15, 0.2) is 0 Å². The van der Waals surface area contributed by atoms with Gasteiger partial charge in [-0.3, -0.25) is 4.90 Å². The number of hydrogen-bond acceptors (Lipinski definition) is 5. The van der Waals surface area contributed by atoms with Gasteiger partial charge in [0, 0.05) is 52.0 Å². The lowest BCUT2D eigenvalue weighted by Crippen LogP contribution is -2.63. The third-order valence-electron chi connectivity index (χ3n) is 4.50. The maximum Gasteiger partial charge on any atom is 0.0986 e. The zero-order chi connectivity index (χ0) is 13.8. The Bertz CT molecular complexity index is 277. The fourth-order valence-electron chi connectivity index (χ4n) is 3.08. The minimum atomic E-state index is 0.214. The molecule has 5 nitrogen and oxygen atoms in total. The van der Waals surface area contributed by atoms with Crippen LogP contribution in [0.25, 0.3) is 0 Å². The van der Waals surface area contributed by atoms with Gasteiger partial charge < -0.3 is 19.7 Å². The minimum Gasteiger partial charge on any atom is -0.377 e. The molecule has 0 bridgehead atoms. The summed E-state index contributed by atoms with van der Waals surface area (Å²) in [5, 5.41) is 3.66. The first-order valence-electron chi connectivity index (χ1n) is 7.42. The molecule has 5 heteroatoms. The molecule has 0 aromatic carbocycles. The van der Waals surface area contributed by atoms with Crippen molar-refractivity contribution >= 4 is 0 Å². The number of rotatable bonds is 6. The van der Waals surface area contributed by atoms with Crippen LogP contribution in [0.15, 0.2) is 0 Å². The molecule has 0 aromatic heterocycles. The van der Waals surface area contributed by atoms with E-state index in [2.05, 4.69) is 29.2 Å². The fraction of sp³-hybridized carbons (Fsp3) is 1.00. The van der Waals surface area contributed by atoms with Crippen molar-refractivity contribution in [2.45, 2.75) is 37.6 Å². The molecule has 0 spiro atoms. The van der Waals surface area contributed by atoms with Gasteiger partial charge in [0.05, 0.1) is 12.2 Å².